The molecule has 0 saturated carbocycles. The number of aryl methyl sites for hydroxylation is 1. The Morgan fingerprint density at radius 1 is 1.30 bits per heavy atom. The molecule has 2 aromatic heterocycles. The minimum atomic E-state index is -4.91. The molecule has 12 heteroatoms. The zero-order chi connectivity index (χ0) is 22.1. The van der Waals surface area contributed by atoms with E-state index in [0.29, 0.717) is 10.6 Å². The number of carbonyl (C=O) groups is 1. The molecule has 30 heavy (non-hydrogen) atoms. The number of alkyl halides is 3. The highest BCUT2D eigenvalue weighted by molar-refractivity contribution is 6.30. The molecule has 0 spiro atoms. The average molecular weight is 442 g/mol. The van der Waals surface area contributed by atoms with Gasteiger partial charge in [0.2, 0.25) is 0 Å². The molecule has 0 radical (unpaired) electrons. The second-order valence-corrected chi connectivity index (χ2v) is 6.74. The van der Waals surface area contributed by atoms with Crippen molar-refractivity contribution in [1.82, 2.24) is 24.9 Å². The lowest BCUT2D eigenvalue weighted by Gasteiger charge is -2.15. The number of nitrogens with zero attached hydrogens (tertiary/aromatic N) is 4. The first-order valence-electron chi connectivity index (χ1n) is 8.48. The van der Waals surface area contributed by atoms with Crippen molar-refractivity contribution in [3.05, 3.63) is 63.7 Å². The topological polar surface area (TPSA) is 102 Å². The van der Waals surface area contributed by atoms with Gasteiger partial charge in [0.05, 0.1) is 24.6 Å². The van der Waals surface area contributed by atoms with Gasteiger partial charge in [0.15, 0.2) is 6.10 Å². The molecule has 3 rings (SSSR count). The summed E-state index contributed by atoms with van der Waals surface area (Å²) >= 11 is 5.88. The Bertz CT molecular complexity index is 1130. The van der Waals surface area contributed by atoms with Gasteiger partial charge in [-0.05, 0) is 18.2 Å². The molecule has 8 nitrogen and oxygen atoms in total. The number of benzene rings is 1. The number of aromatic nitrogens is 4. The van der Waals surface area contributed by atoms with Crippen LogP contribution in [0, 0.1) is 0 Å². The van der Waals surface area contributed by atoms with Crippen molar-refractivity contribution in [2.45, 2.75) is 12.3 Å². The van der Waals surface area contributed by atoms with E-state index in [-0.39, 0.29) is 11.4 Å². The van der Waals surface area contributed by atoms with Gasteiger partial charge in [0.1, 0.15) is 11.3 Å². The summed E-state index contributed by atoms with van der Waals surface area (Å²) in [6, 6.07) is 7.54. The zero-order valence-electron chi connectivity index (χ0n) is 15.4. The highest BCUT2D eigenvalue weighted by Crippen LogP contribution is 2.21. The third-order valence-electron chi connectivity index (χ3n) is 4.07. The van der Waals surface area contributed by atoms with Crippen LogP contribution < -0.4 is 10.9 Å². The van der Waals surface area contributed by atoms with Gasteiger partial charge in [-0.2, -0.15) is 28.1 Å². The molecule has 1 atom stereocenters. The van der Waals surface area contributed by atoms with Crippen LogP contribution in [-0.4, -0.2) is 49.4 Å². The quantitative estimate of drug-likeness (QED) is 0.630. The Morgan fingerprint density at radius 3 is 2.53 bits per heavy atom. The Kier molecular flexibility index (Phi) is 5.94. The van der Waals surface area contributed by atoms with E-state index >= 15 is 0 Å². The number of nitrogens with one attached hydrogen (secondary N) is 1. The molecule has 2 heterocycles. The summed E-state index contributed by atoms with van der Waals surface area (Å²) in [6.45, 7) is -1.10. The van der Waals surface area contributed by atoms with Crippen molar-refractivity contribution < 1.29 is 23.1 Å². The van der Waals surface area contributed by atoms with Gasteiger partial charge in [0.25, 0.3) is 11.5 Å². The van der Waals surface area contributed by atoms with E-state index in [9.17, 15) is 22.8 Å². The van der Waals surface area contributed by atoms with Crippen LogP contribution >= 0.6 is 11.6 Å². The fourth-order valence-electron chi connectivity index (χ4n) is 2.51. The lowest BCUT2D eigenvalue weighted by Crippen LogP contribution is -2.42. The highest BCUT2D eigenvalue weighted by atomic mass is 35.5. The summed E-state index contributed by atoms with van der Waals surface area (Å²) in [5.74, 6) is -1.08. The summed E-state index contributed by atoms with van der Waals surface area (Å²) in [5.41, 5.74) is -0.339. The lowest BCUT2D eigenvalue weighted by atomic mass is 10.1. The number of hydrogen-bond donors (Lipinski definition) is 2. The average Bonchev–Trinajstić information content (AvgIpc) is 3.12. The molecule has 2 N–H and O–H groups in total. The molecule has 158 valence electrons. The number of hydrogen-bond acceptors (Lipinski definition) is 5. The van der Waals surface area contributed by atoms with E-state index in [1.165, 1.54) is 17.1 Å². The fraction of sp³-hybridized carbons (Fsp3) is 0.222. The van der Waals surface area contributed by atoms with Crippen molar-refractivity contribution in [1.29, 1.82) is 0 Å². The number of rotatable bonds is 5. The largest absolute Gasteiger partial charge is 0.416 e. The second-order valence-electron chi connectivity index (χ2n) is 6.31. The van der Waals surface area contributed by atoms with Crippen LogP contribution in [0.5, 0.6) is 0 Å². The first-order chi connectivity index (χ1) is 14.1. The summed E-state index contributed by atoms with van der Waals surface area (Å²) in [6.07, 6.45) is -4.85. The molecular formula is C18H15ClF3N5O3. The minimum Gasteiger partial charge on any atom is -0.382 e. The van der Waals surface area contributed by atoms with Gasteiger partial charge in [0, 0.05) is 17.6 Å². The monoisotopic (exact) mass is 441 g/mol. The van der Waals surface area contributed by atoms with Crippen molar-refractivity contribution in [2.75, 3.05) is 6.54 Å². The summed E-state index contributed by atoms with van der Waals surface area (Å²) < 4.78 is 39.8. The molecule has 1 aromatic carbocycles. The number of aliphatic hydroxyl groups is 1. The van der Waals surface area contributed by atoms with Crippen LogP contribution in [0.1, 0.15) is 10.4 Å². The van der Waals surface area contributed by atoms with E-state index < -0.39 is 35.9 Å². The molecule has 1 unspecified atom stereocenters. The molecule has 0 aliphatic rings. The molecule has 0 saturated heterocycles. The normalized spacial score (nSPS) is 12.6. The Balaban J connectivity index is 2.05. The Morgan fingerprint density at radius 2 is 1.97 bits per heavy atom. The molecular weight excluding hydrogens is 427 g/mol. The third kappa shape index (κ3) is 4.69. The highest BCUT2D eigenvalue weighted by Gasteiger charge is 2.38. The van der Waals surface area contributed by atoms with Gasteiger partial charge in [-0.1, -0.05) is 23.7 Å². The van der Waals surface area contributed by atoms with E-state index in [1.54, 1.807) is 31.3 Å². The van der Waals surface area contributed by atoms with Crippen LogP contribution in [0.2, 0.25) is 5.02 Å². The Hall–Kier alpha value is -3.18. The third-order valence-corrected chi connectivity index (χ3v) is 4.32. The van der Waals surface area contributed by atoms with Crippen molar-refractivity contribution >= 4 is 17.5 Å². The minimum absolute atomic E-state index is 0.205. The molecule has 0 fully saturated rings. The SMILES string of the molecule is Cn1cc(-n2nc(-c3ccc(Cl)cc3)cc(C(=O)NCC(O)C(F)(F)F)c2=O)cn1. The zero-order valence-corrected chi connectivity index (χ0v) is 16.1. The van der Waals surface area contributed by atoms with Gasteiger partial charge in [-0.15, -0.1) is 0 Å². The predicted octanol–water partition coefficient (Wildman–Crippen LogP) is 1.94. The second kappa shape index (κ2) is 8.28. The number of aliphatic hydroxyl groups excluding tert-OH is 1. The lowest BCUT2D eigenvalue weighted by molar-refractivity contribution is -0.201. The molecule has 0 aliphatic carbocycles. The van der Waals surface area contributed by atoms with Crippen LogP contribution in [-0.2, 0) is 7.05 Å². The van der Waals surface area contributed by atoms with Gasteiger partial charge in [-0.25, -0.2) is 0 Å². The molecule has 0 bridgehead atoms. The molecule has 1 amide bonds. The van der Waals surface area contributed by atoms with E-state index in [2.05, 4.69) is 10.2 Å². The van der Waals surface area contributed by atoms with Crippen LogP contribution in [0.15, 0.2) is 47.5 Å². The smallest absolute Gasteiger partial charge is 0.382 e. The van der Waals surface area contributed by atoms with E-state index in [0.717, 1.165) is 10.7 Å². The van der Waals surface area contributed by atoms with Crippen molar-refractivity contribution in [2.24, 2.45) is 7.05 Å². The maximum Gasteiger partial charge on any atom is 0.416 e. The number of halogens is 4. The van der Waals surface area contributed by atoms with Crippen LogP contribution in [0.3, 0.4) is 0 Å². The first kappa shape index (κ1) is 21.5. The summed E-state index contributed by atoms with van der Waals surface area (Å²) in [5, 5.41) is 19.7. The van der Waals surface area contributed by atoms with Gasteiger partial charge >= 0.3 is 6.18 Å². The predicted molar refractivity (Wildman–Crippen MR) is 101 cm³/mol. The standard InChI is InChI=1S/C18H15ClF3N5O3/c1-26-9-12(7-24-26)27-17(30)13(16(29)23-8-15(28)18(20,21)22)6-14(25-27)10-2-4-11(19)5-3-10/h2-7,9,15,28H,8H2,1H3,(H,23,29). The van der Waals surface area contributed by atoms with Crippen molar-refractivity contribution in [3.63, 3.8) is 0 Å². The number of amides is 1. The van der Waals surface area contributed by atoms with E-state index in [4.69, 9.17) is 16.7 Å². The molecule has 0 aliphatic heterocycles. The Labute approximate surface area is 172 Å². The molecule has 3 aromatic rings. The van der Waals surface area contributed by atoms with Crippen molar-refractivity contribution in [3.8, 4) is 16.9 Å². The van der Waals surface area contributed by atoms with Crippen LogP contribution in [0.25, 0.3) is 16.9 Å². The van der Waals surface area contributed by atoms with E-state index in [1.807, 2.05) is 5.32 Å². The number of carbonyl (C=O) groups excluding carboxylic acids is 1. The van der Waals surface area contributed by atoms with Crippen LogP contribution in [0.4, 0.5) is 13.2 Å². The van der Waals surface area contributed by atoms with Gasteiger partial charge < -0.3 is 10.4 Å². The maximum atomic E-state index is 12.8. The summed E-state index contributed by atoms with van der Waals surface area (Å²) in [4.78, 5) is 25.2. The van der Waals surface area contributed by atoms with Gasteiger partial charge in [-0.3, -0.25) is 14.3 Å². The first-order valence-corrected chi connectivity index (χ1v) is 8.86. The fourth-order valence-corrected chi connectivity index (χ4v) is 2.64. The maximum absolute atomic E-state index is 12.8. The summed E-state index contributed by atoms with van der Waals surface area (Å²) in [7, 11) is 1.61.